The summed E-state index contributed by atoms with van der Waals surface area (Å²) in [5.74, 6) is -0.191. The van der Waals surface area contributed by atoms with Crippen molar-refractivity contribution in [2.24, 2.45) is 5.73 Å². The van der Waals surface area contributed by atoms with E-state index >= 15 is 0 Å². The second-order valence-electron chi connectivity index (χ2n) is 3.78. The van der Waals surface area contributed by atoms with Crippen molar-refractivity contribution in [1.29, 1.82) is 0 Å². The Labute approximate surface area is 104 Å². The number of amides is 1. The highest BCUT2D eigenvalue weighted by molar-refractivity contribution is 5.94. The number of benzene rings is 1. The summed E-state index contributed by atoms with van der Waals surface area (Å²) in [6.45, 7) is 0.442. The van der Waals surface area contributed by atoms with Crippen LogP contribution in [-0.2, 0) is 0 Å². The van der Waals surface area contributed by atoms with Gasteiger partial charge in [-0.05, 0) is 12.1 Å². The first-order valence-corrected chi connectivity index (χ1v) is 5.30. The Hall–Kier alpha value is -2.15. The van der Waals surface area contributed by atoms with Crippen LogP contribution in [0.2, 0.25) is 0 Å². The number of carbonyl (C=O) groups is 1. The fourth-order valence-electron chi connectivity index (χ4n) is 1.34. The second-order valence-corrected chi connectivity index (χ2v) is 3.78. The SMILES string of the molecule is CN(C)C(=O)c1ccc(OCCN)c([N+](=O)[O-])c1. The number of hydrogen-bond acceptors (Lipinski definition) is 5. The van der Waals surface area contributed by atoms with Crippen molar-refractivity contribution in [3.05, 3.63) is 33.9 Å². The van der Waals surface area contributed by atoms with Crippen LogP contribution in [0.1, 0.15) is 10.4 Å². The number of ether oxygens (including phenoxy) is 1. The molecule has 0 aromatic heterocycles. The summed E-state index contributed by atoms with van der Waals surface area (Å²) in [4.78, 5) is 23.3. The lowest BCUT2D eigenvalue weighted by Gasteiger charge is -2.11. The highest BCUT2D eigenvalue weighted by Crippen LogP contribution is 2.28. The molecule has 98 valence electrons. The van der Waals surface area contributed by atoms with Crippen molar-refractivity contribution < 1.29 is 14.5 Å². The Morgan fingerprint density at radius 1 is 1.50 bits per heavy atom. The summed E-state index contributed by atoms with van der Waals surface area (Å²) in [7, 11) is 3.15. The van der Waals surface area contributed by atoms with Gasteiger partial charge in [-0.25, -0.2) is 0 Å². The van der Waals surface area contributed by atoms with Crippen molar-refractivity contribution in [2.45, 2.75) is 0 Å². The van der Waals surface area contributed by atoms with E-state index in [2.05, 4.69) is 0 Å². The van der Waals surface area contributed by atoms with Crippen LogP contribution in [-0.4, -0.2) is 43.0 Å². The fraction of sp³-hybridized carbons (Fsp3) is 0.364. The number of carbonyl (C=O) groups excluding carboxylic acids is 1. The molecule has 0 spiro atoms. The van der Waals surface area contributed by atoms with Gasteiger partial charge in [0.25, 0.3) is 5.91 Å². The highest BCUT2D eigenvalue weighted by atomic mass is 16.6. The number of nitro benzene ring substituents is 1. The molecule has 7 heteroatoms. The molecule has 1 aromatic rings. The van der Waals surface area contributed by atoms with Crippen molar-refractivity contribution in [3.8, 4) is 5.75 Å². The molecule has 0 aliphatic heterocycles. The Morgan fingerprint density at radius 3 is 2.67 bits per heavy atom. The third kappa shape index (κ3) is 3.17. The summed E-state index contributed by atoms with van der Waals surface area (Å²) in [6, 6.07) is 4.10. The van der Waals surface area contributed by atoms with Gasteiger partial charge in [-0.1, -0.05) is 0 Å². The molecule has 1 rings (SSSR count). The fourth-order valence-corrected chi connectivity index (χ4v) is 1.34. The summed E-state index contributed by atoms with van der Waals surface area (Å²) in [5.41, 5.74) is 5.27. The van der Waals surface area contributed by atoms with Crippen LogP contribution in [0.25, 0.3) is 0 Å². The van der Waals surface area contributed by atoms with Gasteiger partial charge in [-0.2, -0.15) is 0 Å². The largest absolute Gasteiger partial charge is 0.485 e. The quantitative estimate of drug-likeness (QED) is 0.613. The van der Waals surface area contributed by atoms with E-state index in [-0.39, 0.29) is 36.1 Å². The van der Waals surface area contributed by atoms with E-state index in [9.17, 15) is 14.9 Å². The van der Waals surface area contributed by atoms with Gasteiger partial charge in [0.2, 0.25) is 0 Å². The van der Waals surface area contributed by atoms with Gasteiger partial charge < -0.3 is 15.4 Å². The van der Waals surface area contributed by atoms with E-state index in [4.69, 9.17) is 10.5 Å². The van der Waals surface area contributed by atoms with Crippen molar-refractivity contribution in [3.63, 3.8) is 0 Å². The Kier molecular flexibility index (Phi) is 4.61. The Morgan fingerprint density at radius 2 is 2.17 bits per heavy atom. The lowest BCUT2D eigenvalue weighted by atomic mass is 10.1. The van der Waals surface area contributed by atoms with E-state index in [0.717, 1.165) is 0 Å². The molecule has 0 saturated heterocycles. The highest BCUT2D eigenvalue weighted by Gasteiger charge is 2.19. The first-order valence-electron chi connectivity index (χ1n) is 5.30. The smallest absolute Gasteiger partial charge is 0.311 e. The maximum atomic E-state index is 11.7. The number of nitrogens with zero attached hydrogens (tertiary/aromatic N) is 2. The third-order valence-corrected chi connectivity index (χ3v) is 2.18. The molecule has 0 atom stereocenters. The minimum atomic E-state index is -0.585. The van der Waals surface area contributed by atoms with Gasteiger partial charge in [0.15, 0.2) is 5.75 Å². The van der Waals surface area contributed by atoms with Gasteiger partial charge in [-0.3, -0.25) is 14.9 Å². The van der Waals surface area contributed by atoms with Crippen LogP contribution in [0.3, 0.4) is 0 Å². The number of hydrogen-bond donors (Lipinski definition) is 1. The molecule has 0 bridgehead atoms. The van der Waals surface area contributed by atoms with Gasteiger partial charge in [0.1, 0.15) is 6.61 Å². The maximum Gasteiger partial charge on any atom is 0.311 e. The zero-order valence-electron chi connectivity index (χ0n) is 10.3. The van der Waals surface area contributed by atoms with Crippen LogP contribution in [0, 0.1) is 10.1 Å². The second kappa shape index (κ2) is 5.97. The van der Waals surface area contributed by atoms with E-state index in [1.54, 1.807) is 14.1 Å². The molecule has 0 saturated carbocycles. The van der Waals surface area contributed by atoms with Crippen LogP contribution >= 0.6 is 0 Å². The standard InChI is InChI=1S/C11H15N3O4/c1-13(2)11(15)8-3-4-10(18-6-5-12)9(7-8)14(16)17/h3-4,7H,5-6,12H2,1-2H3. The van der Waals surface area contributed by atoms with Crippen LogP contribution in [0.15, 0.2) is 18.2 Å². The van der Waals surface area contributed by atoms with Crippen molar-refractivity contribution >= 4 is 11.6 Å². The minimum absolute atomic E-state index is 0.112. The van der Waals surface area contributed by atoms with Gasteiger partial charge in [0.05, 0.1) is 4.92 Å². The summed E-state index contributed by atoms with van der Waals surface area (Å²) < 4.78 is 5.15. The molecule has 18 heavy (non-hydrogen) atoms. The number of nitrogens with two attached hydrogens (primary N) is 1. The molecule has 7 nitrogen and oxygen atoms in total. The average Bonchev–Trinajstić information content (AvgIpc) is 2.34. The average molecular weight is 253 g/mol. The van der Waals surface area contributed by atoms with Crippen LogP contribution < -0.4 is 10.5 Å². The maximum absolute atomic E-state index is 11.7. The molecule has 0 radical (unpaired) electrons. The molecule has 0 unspecified atom stereocenters. The predicted molar refractivity (Wildman–Crippen MR) is 65.7 cm³/mol. The molecule has 2 N–H and O–H groups in total. The molecular formula is C11H15N3O4. The van der Waals surface area contributed by atoms with Gasteiger partial charge >= 0.3 is 5.69 Å². The third-order valence-electron chi connectivity index (χ3n) is 2.18. The van der Waals surface area contributed by atoms with Crippen molar-refractivity contribution in [2.75, 3.05) is 27.2 Å². The monoisotopic (exact) mass is 253 g/mol. The van der Waals surface area contributed by atoms with Gasteiger partial charge in [-0.15, -0.1) is 0 Å². The van der Waals surface area contributed by atoms with E-state index in [1.807, 2.05) is 0 Å². The molecule has 1 amide bonds. The molecule has 0 fully saturated rings. The lowest BCUT2D eigenvalue weighted by Crippen LogP contribution is -2.21. The summed E-state index contributed by atoms with van der Waals surface area (Å²) in [5, 5.41) is 10.9. The Bertz CT molecular complexity index is 460. The first-order chi connectivity index (χ1) is 8.47. The lowest BCUT2D eigenvalue weighted by molar-refractivity contribution is -0.385. The molecular weight excluding hydrogens is 238 g/mol. The zero-order chi connectivity index (χ0) is 13.7. The minimum Gasteiger partial charge on any atom is -0.485 e. The molecule has 0 heterocycles. The summed E-state index contributed by atoms with van der Waals surface area (Å²) >= 11 is 0. The molecule has 1 aromatic carbocycles. The van der Waals surface area contributed by atoms with Crippen molar-refractivity contribution in [1.82, 2.24) is 4.90 Å². The normalized spacial score (nSPS) is 9.94. The zero-order valence-corrected chi connectivity index (χ0v) is 10.3. The van der Waals surface area contributed by atoms with Crippen LogP contribution in [0.4, 0.5) is 5.69 Å². The van der Waals surface area contributed by atoms with Crippen LogP contribution in [0.5, 0.6) is 5.75 Å². The number of nitro groups is 1. The van der Waals surface area contributed by atoms with E-state index in [1.165, 1.54) is 23.1 Å². The number of rotatable bonds is 5. The Balaban J connectivity index is 3.11. The van der Waals surface area contributed by atoms with E-state index in [0.29, 0.717) is 0 Å². The predicted octanol–water partition coefficient (Wildman–Crippen LogP) is 0.634. The first kappa shape index (κ1) is 13.9. The topological polar surface area (TPSA) is 98.7 Å². The molecule has 0 aliphatic carbocycles. The summed E-state index contributed by atoms with van der Waals surface area (Å²) in [6.07, 6.45) is 0. The van der Waals surface area contributed by atoms with E-state index < -0.39 is 4.92 Å². The van der Waals surface area contributed by atoms with Gasteiger partial charge in [0, 0.05) is 32.3 Å². The molecule has 0 aliphatic rings.